The molecule has 1 saturated carbocycles. The third-order valence-corrected chi connectivity index (χ3v) is 3.74. The zero-order chi connectivity index (χ0) is 10.6. The first-order chi connectivity index (χ1) is 6.63. The summed E-state index contributed by atoms with van der Waals surface area (Å²) in [5.41, 5.74) is 0. The maximum atomic E-state index is 9.90. The fourth-order valence-corrected chi connectivity index (χ4v) is 2.57. The predicted molar refractivity (Wildman–Crippen MR) is 61.2 cm³/mol. The molecule has 1 rings (SSSR count). The Morgan fingerprint density at radius 2 is 2.00 bits per heavy atom. The highest BCUT2D eigenvalue weighted by Crippen LogP contribution is 2.34. The van der Waals surface area contributed by atoms with E-state index in [1.165, 1.54) is 32.1 Å². The second-order valence-electron chi connectivity index (χ2n) is 5.39. The van der Waals surface area contributed by atoms with E-state index in [4.69, 9.17) is 0 Å². The number of rotatable bonds is 4. The Bertz CT molecular complexity index is 153. The highest BCUT2D eigenvalue weighted by molar-refractivity contribution is 4.79. The Kier molecular flexibility index (Phi) is 4.94. The Morgan fingerprint density at radius 3 is 2.57 bits per heavy atom. The van der Waals surface area contributed by atoms with Crippen molar-refractivity contribution in [1.82, 2.24) is 0 Å². The monoisotopic (exact) mass is 198 g/mol. The van der Waals surface area contributed by atoms with Crippen LogP contribution in [0.15, 0.2) is 0 Å². The molecule has 0 saturated heterocycles. The van der Waals surface area contributed by atoms with Crippen molar-refractivity contribution in [2.24, 2.45) is 17.8 Å². The Labute approximate surface area is 88.9 Å². The summed E-state index contributed by atoms with van der Waals surface area (Å²) in [5, 5.41) is 9.90. The van der Waals surface area contributed by atoms with Crippen molar-refractivity contribution in [3.05, 3.63) is 0 Å². The summed E-state index contributed by atoms with van der Waals surface area (Å²) in [5.74, 6) is 2.26. The van der Waals surface area contributed by atoms with Gasteiger partial charge in [-0.15, -0.1) is 0 Å². The van der Waals surface area contributed by atoms with E-state index < -0.39 is 0 Å². The van der Waals surface area contributed by atoms with Crippen LogP contribution in [0.2, 0.25) is 0 Å². The quantitative estimate of drug-likeness (QED) is 0.731. The van der Waals surface area contributed by atoms with Crippen molar-refractivity contribution in [3.8, 4) is 0 Å². The fourth-order valence-electron chi connectivity index (χ4n) is 2.57. The predicted octanol–water partition coefficient (Wildman–Crippen LogP) is 3.61. The van der Waals surface area contributed by atoms with E-state index in [0.717, 1.165) is 18.3 Å². The molecular formula is C13H26O. The van der Waals surface area contributed by atoms with Gasteiger partial charge in [0.1, 0.15) is 0 Å². The van der Waals surface area contributed by atoms with E-state index in [9.17, 15) is 5.11 Å². The Balaban J connectivity index is 2.32. The van der Waals surface area contributed by atoms with Crippen LogP contribution in [0.25, 0.3) is 0 Å². The molecule has 1 fully saturated rings. The number of hydrogen-bond acceptors (Lipinski definition) is 1. The van der Waals surface area contributed by atoms with Crippen LogP contribution in [-0.4, -0.2) is 11.2 Å². The van der Waals surface area contributed by atoms with Crippen molar-refractivity contribution in [2.45, 2.75) is 65.4 Å². The summed E-state index contributed by atoms with van der Waals surface area (Å²) in [6, 6.07) is 0. The molecule has 1 N–H and O–H groups in total. The van der Waals surface area contributed by atoms with Gasteiger partial charge in [0.2, 0.25) is 0 Å². The van der Waals surface area contributed by atoms with Gasteiger partial charge in [0.25, 0.3) is 0 Å². The molecule has 14 heavy (non-hydrogen) atoms. The van der Waals surface area contributed by atoms with Gasteiger partial charge in [0, 0.05) is 0 Å². The lowest BCUT2D eigenvalue weighted by Crippen LogP contribution is -2.29. The Hall–Kier alpha value is -0.0400. The maximum Gasteiger partial charge on any atom is 0.0568 e. The minimum Gasteiger partial charge on any atom is -0.393 e. The van der Waals surface area contributed by atoms with Gasteiger partial charge in [-0.25, -0.2) is 0 Å². The molecule has 0 heterocycles. The van der Waals surface area contributed by atoms with Gasteiger partial charge >= 0.3 is 0 Å². The van der Waals surface area contributed by atoms with Crippen molar-refractivity contribution < 1.29 is 5.11 Å². The van der Waals surface area contributed by atoms with Gasteiger partial charge in [0.15, 0.2) is 0 Å². The van der Waals surface area contributed by atoms with Gasteiger partial charge in [0.05, 0.1) is 6.10 Å². The van der Waals surface area contributed by atoms with Crippen LogP contribution in [0.5, 0.6) is 0 Å². The molecule has 0 bridgehead atoms. The first-order valence-corrected chi connectivity index (χ1v) is 6.31. The second-order valence-corrected chi connectivity index (χ2v) is 5.39. The van der Waals surface area contributed by atoms with Gasteiger partial charge in [-0.1, -0.05) is 33.6 Å². The molecule has 1 heteroatoms. The number of hydrogen-bond donors (Lipinski definition) is 1. The van der Waals surface area contributed by atoms with Crippen LogP contribution in [0.1, 0.15) is 59.3 Å². The fraction of sp³-hybridized carbons (Fsp3) is 1.00. The lowest BCUT2D eigenvalue weighted by atomic mass is 9.76. The molecule has 0 aromatic heterocycles. The van der Waals surface area contributed by atoms with E-state index in [2.05, 4.69) is 20.8 Å². The number of aliphatic hydroxyl groups is 1. The molecule has 1 aliphatic carbocycles. The standard InChI is InChI=1S/C13H26O/c1-4-11-6-8-13(14)12(9-11)7-5-10(2)3/h10-14H,4-9H2,1-3H3. The molecule has 1 nitrogen and oxygen atoms in total. The first-order valence-electron chi connectivity index (χ1n) is 6.31. The third kappa shape index (κ3) is 3.61. The topological polar surface area (TPSA) is 20.2 Å². The van der Waals surface area contributed by atoms with Crippen molar-refractivity contribution in [2.75, 3.05) is 0 Å². The average molecular weight is 198 g/mol. The molecule has 0 spiro atoms. The minimum absolute atomic E-state index is 0.00319. The molecule has 84 valence electrons. The first kappa shape index (κ1) is 12.0. The van der Waals surface area contributed by atoms with Gasteiger partial charge in [-0.3, -0.25) is 0 Å². The van der Waals surface area contributed by atoms with Crippen LogP contribution >= 0.6 is 0 Å². The normalized spacial score (nSPS) is 33.6. The maximum absolute atomic E-state index is 9.90. The van der Waals surface area contributed by atoms with E-state index in [1.807, 2.05) is 0 Å². The summed E-state index contributed by atoms with van der Waals surface area (Å²) >= 11 is 0. The zero-order valence-corrected chi connectivity index (χ0v) is 10.00. The van der Waals surface area contributed by atoms with Crippen LogP contribution in [0.4, 0.5) is 0 Å². The molecule has 3 unspecified atom stereocenters. The molecule has 0 aliphatic heterocycles. The van der Waals surface area contributed by atoms with Crippen LogP contribution in [0.3, 0.4) is 0 Å². The molecule has 3 atom stereocenters. The lowest BCUT2D eigenvalue weighted by molar-refractivity contribution is 0.0405. The smallest absolute Gasteiger partial charge is 0.0568 e. The molecule has 1 aliphatic rings. The number of aliphatic hydroxyl groups excluding tert-OH is 1. The second kappa shape index (κ2) is 5.75. The zero-order valence-electron chi connectivity index (χ0n) is 10.00. The summed E-state index contributed by atoms with van der Waals surface area (Å²) in [6.07, 6.45) is 7.36. The van der Waals surface area contributed by atoms with E-state index >= 15 is 0 Å². The van der Waals surface area contributed by atoms with E-state index in [1.54, 1.807) is 0 Å². The largest absolute Gasteiger partial charge is 0.393 e. The van der Waals surface area contributed by atoms with E-state index in [-0.39, 0.29) is 6.10 Å². The molecule has 0 radical (unpaired) electrons. The highest BCUT2D eigenvalue weighted by atomic mass is 16.3. The van der Waals surface area contributed by atoms with Gasteiger partial charge in [-0.2, -0.15) is 0 Å². The van der Waals surface area contributed by atoms with Crippen LogP contribution in [-0.2, 0) is 0 Å². The van der Waals surface area contributed by atoms with Crippen LogP contribution < -0.4 is 0 Å². The molecule has 0 amide bonds. The SMILES string of the molecule is CCC1CCC(O)C(CCC(C)C)C1. The Morgan fingerprint density at radius 1 is 1.29 bits per heavy atom. The molecule has 0 aromatic carbocycles. The van der Waals surface area contributed by atoms with Crippen molar-refractivity contribution in [3.63, 3.8) is 0 Å². The molecular weight excluding hydrogens is 172 g/mol. The lowest BCUT2D eigenvalue weighted by Gasteiger charge is -2.33. The summed E-state index contributed by atoms with van der Waals surface area (Å²) < 4.78 is 0. The summed E-state index contributed by atoms with van der Waals surface area (Å²) in [7, 11) is 0. The van der Waals surface area contributed by atoms with Crippen molar-refractivity contribution >= 4 is 0 Å². The highest BCUT2D eigenvalue weighted by Gasteiger charge is 2.27. The van der Waals surface area contributed by atoms with Crippen LogP contribution in [0, 0.1) is 17.8 Å². The van der Waals surface area contributed by atoms with Crippen molar-refractivity contribution in [1.29, 1.82) is 0 Å². The molecule has 0 aromatic rings. The summed E-state index contributed by atoms with van der Waals surface area (Å²) in [4.78, 5) is 0. The van der Waals surface area contributed by atoms with Gasteiger partial charge in [-0.05, 0) is 43.4 Å². The van der Waals surface area contributed by atoms with Gasteiger partial charge < -0.3 is 5.11 Å². The average Bonchev–Trinajstić information content (AvgIpc) is 2.16. The van der Waals surface area contributed by atoms with E-state index in [0.29, 0.717) is 5.92 Å². The third-order valence-electron chi connectivity index (χ3n) is 3.74. The minimum atomic E-state index is -0.00319. The summed E-state index contributed by atoms with van der Waals surface area (Å²) in [6.45, 7) is 6.82.